The van der Waals surface area contributed by atoms with Crippen molar-refractivity contribution in [3.63, 3.8) is 0 Å². The number of para-hydroxylation sites is 2. The van der Waals surface area contributed by atoms with Crippen molar-refractivity contribution in [1.29, 1.82) is 0 Å². The molecule has 130 valence electrons. The predicted octanol–water partition coefficient (Wildman–Crippen LogP) is 2.81. The van der Waals surface area contributed by atoms with Gasteiger partial charge in [-0.15, -0.1) is 0 Å². The second-order valence-electron chi connectivity index (χ2n) is 5.77. The van der Waals surface area contributed by atoms with Gasteiger partial charge in [-0.2, -0.15) is 0 Å². The Balaban J connectivity index is 1.58. The van der Waals surface area contributed by atoms with E-state index in [0.29, 0.717) is 36.0 Å². The maximum absolute atomic E-state index is 12.3. The van der Waals surface area contributed by atoms with Crippen LogP contribution in [0.15, 0.2) is 48.5 Å². The van der Waals surface area contributed by atoms with Crippen molar-refractivity contribution in [2.24, 2.45) is 0 Å². The summed E-state index contributed by atoms with van der Waals surface area (Å²) in [6.45, 7) is 0.811. The first-order chi connectivity index (χ1) is 12.1. The van der Waals surface area contributed by atoms with E-state index in [1.165, 1.54) is 4.90 Å². The highest BCUT2D eigenvalue weighted by Crippen LogP contribution is 2.30. The van der Waals surface area contributed by atoms with E-state index in [4.69, 9.17) is 16.3 Å². The van der Waals surface area contributed by atoms with Gasteiger partial charge in [0, 0.05) is 11.6 Å². The first-order valence-electron chi connectivity index (χ1n) is 8.17. The van der Waals surface area contributed by atoms with E-state index in [0.717, 1.165) is 5.56 Å². The third-order valence-electron chi connectivity index (χ3n) is 3.98. The van der Waals surface area contributed by atoms with Gasteiger partial charge in [0.2, 0.25) is 11.8 Å². The molecule has 1 N–H and O–H groups in total. The number of benzene rings is 2. The number of nitrogens with zero attached hydrogens (tertiary/aromatic N) is 1. The summed E-state index contributed by atoms with van der Waals surface area (Å²) >= 11 is 5.86. The number of ether oxygens (including phenoxy) is 1. The summed E-state index contributed by atoms with van der Waals surface area (Å²) in [5, 5.41) is 3.55. The lowest BCUT2D eigenvalue weighted by molar-refractivity contribution is -0.123. The molecule has 0 saturated carbocycles. The molecule has 0 aromatic heterocycles. The van der Waals surface area contributed by atoms with E-state index in [9.17, 15) is 9.59 Å². The Morgan fingerprint density at radius 2 is 1.92 bits per heavy atom. The number of rotatable bonds is 5. The Morgan fingerprint density at radius 3 is 2.72 bits per heavy atom. The van der Waals surface area contributed by atoms with E-state index < -0.39 is 0 Å². The average Bonchev–Trinajstić information content (AvgIpc) is 2.76. The lowest BCUT2D eigenvalue weighted by Gasteiger charge is -2.21. The summed E-state index contributed by atoms with van der Waals surface area (Å²) < 4.78 is 5.57. The molecule has 2 aromatic carbocycles. The van der Waals surface area contributed by atoms with Crippen molar-refractivity contribution in [2.45, 2.75) is 12.8 Å². The van der Waals surface area contributed by atoms with Gasteiger partial charge < -0.3 is 10.1 Å². The van der Waals surface area contributed by atoms with Crippen molar-refractivity contribution in [3.05, 3.63) is 59.1 Å². The Bertz CT molecular complexity index is 762. The maximum Gasteiger partial charge on any atom is 0.240 e. The van der Waals surface area contributed by atoms with Crippen LogP contribution >= 0.6 is 11.6 Å². The van der Waals surface area contributed by atoms with Crippen LogP contribution in [0.4, 0.5) is 5.69 Å². The number of hydrogen-bond donors (Lipinski definition) is 1. The van der Waals surface area contributed by atoms with Crippen molar-refractivity contribution in [3.8, 4) is 5.75 Å². The second-order valence-corrected chi connectivity index (χ2v) is 6.21. The molecular weight excluding hydrogens is 340 g/mol. The Morgan fingerprint density at radius 1 is 1.16 bits per heavy atom. The number of carbonyl (C=O) groups excluding carboxylic acids is 2. The van der Waals surface area contributed by atoms with Gasteiger partial charge in [-0.05, 0) is 36.2 Å². The summed E-state index contributed by atoms with van der Waals surface area (Å²) in [4.78, 5) is 26.0. The van der Waals surface area contributed by atoms with E-state index in [1.807, 2.05) is 36.4 Å². The van der Waals surface area contributed by atoms with E-state index in [1.54, 1.807) is 12.1 Å². The molecule has 0 unspecified atom stereocenters. The zero-order valence-corrected chi connectivity index (χ0v) is 14.5. The van der Waals surface area contributed by atoms with Crippen molar-refractivity contribution in [2.75, 3.05) is 24.6 Å². The largest absolute Gasteiger partial charge is 0.491 e. The highest BCUT2D eigenvalue weighted by atomic mass is 35.5. The van der Waals surface area contributed by atoms with Crippen LogP contribution < -0.4 is 15.0 Å². The summed E-state index contributed by atoms with van der Waals surface area (Å²) in [5.41, 5.74) is 1.73. The van der Waals surface area contributed by atoms with Gasteiger partial charge in [0.1, 0.15) is 12.3 Å². The fourth-order valence-electron chi connectivity index (χ4n) is 2.69. The van der Waals surface area contributed by atoms with Crippen LogP contribution in [0.2, 0.25) is 5.02 Å². The lowest BCUT2D eigenvalue weighted by atomic mass is 10.1. The van der Waals surface area contributed by atoms with Gasteiger partial charge in [0.25, 0.3) is 0 Å². The molecule has 0 spiro atoms. The van der Waals surface area contributed by atoms with Crippen LogP contribution in [0, 0.1) is 0 Å². The lowest BCUT2D eigenvalue weighted by Crippen LogP contribution is -2.41. The van der Waals surface area contributed by atoms with Gasteiger partial charge in [-0.3, -0.25) is 14.5 Å². The van der Waals surface area contributed by atoms with Crippen molar-refractivity contribution < 1.29 is 14.3 Å². The molecular formula is C19H19ClN2O3. The third-order valence-corrected chi connectivity index (χ3v) is 4.23. The molecule has 2 amide bonds. The molecule has 1 heterocycles. The molecule has 0 radical (unpaired) electrons. The molecule has 3 rings (SSSR count). The fraction of sp³-hybridized carbons (Fsp3) is 0.263. The quantitative estimate of drug-likeness (QED) is 0.894. The average molecular weight is 359 g/mol. The van der Waals surface area contributed by atoms with Gasteiger partial charge in [0.05, 0.1) is 18.7 Å². The molecule has 0 fully saturated rings. The number of carbonyl (C=O) groups is 2. The molecule has 0 saturated heterocycles. The monoisotopic (exact) mass is 358 g/mol. The highest BCUT2D eigenvalue weighted by molar-refractivity contribution is 6.30. The SMILES string of the molecule is O=C(CN1C(=O)CCOc2ccccc21)NCCc1ccc(Cl)cc1. The molecule has 0 atom stereocenters. The minimum atomic E-state index is -0.195. The van der Waals surface area contributed by atoms with Crippen LogP contribution in [0.25, 0.3) is 0 Å². The predicted molar refractivity (Wildman–Crippen MR) is 97.1 cm³/mol. The number of hydrogen-bond acceptors (Lipinski definition) is 3. The first kappa shape index (κ1) is 17.3. The zero-order chi connectivity index (χ0) is 17.6. The van der Waals surface area contributed by atoms with Crippen LogP contribution in [-0.4, -0.2) is 31.5 Å². The molecule has 25 heavy (non-hydrogen) atoms. The second kappa shape index (κ2) is 8.03. The summed E-state index contributed by atoms with van der Waals surface area (Å²) in [6.07, 6.45) is 0.962. The zero-order valence-electron chi connectivity index (χ0n) is 13.7. The fourth-order valence-corrected chi connectivity index (χ4v) is 2.82. The minimum Gasteiger partial charge on any atom is -0.491 e. The van der Waals surface area contributed by atoms with Gasteiger partial charge in [0.15, 0.2) is 0 Å². The van der Waals surface area contributed by atoms with Crippen LogP contribution in [0.3, 0.4) is 0 Å². The number of nitrogens with one attached hydrogen (secondary N) is 1. The van der Waals surface area contributed by atoms with Crippen LogP contribution in [0.5, 0.6) is 5.75 Å². The number of halogens is 1. The smallest absolute Gasteiger partial charge is 0.240 e. The Kier molecular flexibility index (Phi) is 5.56. The van der Waals surface area contributed by atoms with Gasteiger partial charge >= 0.3 is 0 Å². The normalized spacial score (nSPS) is 13.6. The molecule has 1 aliphatic heterocycles. The topological polar surface area (TPSA) is 58.6 Å². The number of anilines is 1. The Hall–Kier alpha value is -2.53. The number of amides is 2. The van der Waals surface area contributed by atoms with Crippen molar-refractivity contribution in [1.82, 2.24) is 5.32 Å². The van der Waals surface area contributed by atoms with E-state index >= 15 is 0 Å². The third kappa shape index (κ3) is 4.51. The highest BCUT2D eigenvalue weighted by Gasteiger charge is 2.24. The summed E-state index contributed by atoms with van der Waals surface area (Å²) in [5.74, 6) is 0.319. The molecule has 0 bridgehead atoms. The van der Waals surface area contributed by atoms with Crippen molar-refractivity contribution >= 4 is 29.1 Å². The van der Waals surface area contributed by atoms with E-state index in [2.05, 4.69) is 5.32 Å². The molecule has 0 aliphatic carbocycles. The summed E-state index contributed by atoms with van der Waals surface area (Å²) in [6, 6.07) is 14.8. The first-order valence-corrected chi connectivity index (χ1v) is 8.54. The summed E-state index contributed by atoms with van der Waals surface area (Å²) in [7, 11) is 0. The van der Waals surface area contributed by atoms with Gasteiger partial charge in [-0.25, -0.2) is 0 Å². The molecule has 1 aliphatic rings. The minimum absolute atomic E-state index is 0.0141. The van der Waals surface area contributed by atoms with Gasteiger partial charge in [-0.1, -0.05) is 35.9 Å². The van der Waals surface area contributed by atoms with E-state index in [-0.39, 0.29) is 24.8 Å². The van der Waals surface area contributed by atoms with Crippen LogP contribution in [-0.2, 0) is 16.0 Å². The number of fused-ring (bicyclic) bond motifs is 1. The Labute approximate surface area is 151 Å². The standard InChI is InChI=1S/C19H19ClN2O3/c20-15-7-5-14(6-8-15)9-11-21-18(23)13-22-16-3-1-2-4-17(16)25-12-10-19(22)24/h1-8H,9-13H2,(H,21,23). The molecule has 5 nitrogen and oxygen atoms in total. The van der Waals surface area contributed by atoms with Crippen LogP contribution in [0.1, 0.15) is 12.0 Å². The maximum atomic E-state index is 12.3. The molecule has 2 aromatic rings. The molecule has 6 heteroatoms.